The smallest absolute Gasteiger partial charge is 0.281 e. The summed E-state index contributed by atoms with van der Waals surface area (Å²) < 4.78 is 35.2. The van der Waals surface area contributed by atoms with Crippen LogP contribution in [-0.4, -0.2) is 49.5 Å². The Morgan fingerprint density at radius 3 is 2.62 bits per heavy atom. The van der Waals surface area contributed by atoms with Gasteiger partial charge in [0.05, 0.1) is 38.9 Å². The molecule has 3 aromatic rings. The average Bonchev–Trinajstić information content (AvgIpc) is 3.04. The first-order valence-corrected chi connectivity index (χ1v) is 11.5. The molecule has 1 aliphatic rings. The summed E-state index contributed by atoms with van der Waals surface area (Å²) in [5, 5.41) is 0.156. The zero-order chi connectivity index (χ0) is 20.6. The Morgan fingerprint density at radius 1 is 1.17 bits per heavy atom. The molecule has 1 aromatic heterocycles. The molecule has 1 aliphatic heterocycles. The monoisotopic (exact) mass is 451 g/mol. The van der Waals surface area contributed by atoms with Crippen molar-refractivity contribution in [2.45, 2.75) is 4.90 Å². The van der Waals surface area contributed by atoms with Crippen molar-refractivity contribution in [3.05, 3.63) is 57.9 Å². The van der Waals surface area contributed by atoms with Crippen LogP contribution in [0.5, 0.6) is 0 Å². The summed E-state index contributed by atoms with van der Waals surface area (Å²) in [7, 11) is -1.91. The quantitative estimate of drug-likeness (QED) is 0.613. The van der Waals surface area contributed by atoms with Crippen molar-refractivity contribution >= 4 is 49.1 Å². The number of hydrogen-bond acceptors (Lipinski definition) is 5. The lowest BCUT2D eigenvalue weighted by Gasteiger charge is -2.26. The summed E-state index contributed by atoms with van der Waals surface area (Å²) in [5.74, 6) is -0.587. The molecule has 1 fully saturated rings. The number of thiazole rings is 1. The maximum absolute atomic E-state index is 12.9. The van der Waals surface area contributed by atoms with Gasteiger partial charge in [-0.3, -0.25) is 4.79 Å². The molecule has 2 aromatic carbocycles. The van der Waals surface area contributed by atoms with Gasteiger partial charge in [0.1, 0.15) is 0 Å². The van der Waals surface area contributed by atoms with Gasteiger partial charge in [0.2, 0.25) is 10.0 Å². The van der Waals surface area contributed by atoms with Crippen molar-refractivity contribution in [1.29, 1.82) is 0 Å². The topological polar surface area (TPSA) is 81.0 Å². The van der Waals surface area contributed by atoms with E-state index in [1.54, 1.807) is 0 Å². The Bertz CT molecular complexity index is 1260. The van der Waals surface area contributed by atoms with E-state index in [0.717, 1.165) is 10.2 Å². The molecule has 0 spiro atoms. The van der Waals surface area contributed by atoms with Gasteiger partial charge in [-0.15, -0.1) is 0 Å². The number of aromatic nitrogens is 1. The molecule has 10 heteroatoms. The van der Waals surface area contributed by atoms with Gasteiger partial charge in [0.15, 0.2) is 4.80 Å². The van der Waals surface area contributed by atoms with Crippen molar-refractivity contribution in [3.8, 4) is 0 Å². The number of carbonyl (C=O) groups excluding carboxylic acids is 1. The minimum Gasteiger partial charge on any atom is -0.379 e. The maximum atomic E-state index is 12.9. The zero-order valence-corrected chi connectivity index (χ0v) is 17.9. The number of nitrogens with zero attached hydrogens (tertiary/aromatic N) is 3. The Balaban J connectivity index is 1.74. The summed E-state index contributed by atoms with van der Waals surface area (Å²) in [6.07, 6.45) is 0. The molecule has 0 aliphatic carbocycles. The molecular weight excluding hydrogens is 434 g/mol. The van der Waals surface area contributed by atoms with Gasteiger partial charge in [-0.2, -0.15) is 9.30 Å². The number of sulfonamides is 1. The van der Waals surface area contributed by atoms with Gasteiger partial charge in [-0.25, -0.2) is 8.42 Å². The van der Waals surface area contributed by atoms with Gasteiger partial charge < -0.3 is 9.30 Å². The van der Waals surface area contributed by atoms with Crippen molar-refractivity contribution in [3.63, 3.8) is 0 Å². The second-order valence-corrected chi connectivity index (χ2v) is 9.84. The predicted molar refractivity (Wildman–Crippen MR) is 112 cm³/mol. The van der Waals surface area contributed by atoms with E-state index < -0.39 is 15.9 Å². The molecular formula is C19H18ClN3O4S2. The number of hydrogen-bond donors (Lipinski definition) is 0. The summed E-state index contributed by atoms with van der Waals surface area (Å²) >= 11 is 7.58. The minimum atomic E-state index is -3.74. The highest BCUT2D eigenvalue weighted by molar-refractivity contribution is 7.89. The van der Waals surface area contributed by atoms with Crippen LogP contribution in [0.25, 0.3) is 10.2 Å². The lowest BCUT2D eigenvalue weighted by molar-refractivity contribution is 0.0730. The summed E-state index contributed by atoms with van der Waals surface area (Å²) in [5.41, 5.74) is 1.01. The lowest BCUT2D eigenvalue weighted by atomic mass is 10.2. The van der Waals surface area contributed by atoms with Crippen molar-refractivity contribution < 1.29 is 17.9 Å². The molecule has 1 saturated heterocycles. The largest absolute Gasteiger partial charge is 0.379 e. The number of aryl methyl sites for hydroxylation is 1. The van der Waals surface area contributed by atoms with E-state index in [9.17, 15) is 13.2 Å². The van der Waals surface area contributed by atoms with Gasteiger partial charge in [-0.05, 0) is 30.3 Å². The van der Waals surface area contributed by atoms with Crippen LogP contribution in [0, 0.1) is 0 Å². The molecule has 0 unspecified atom stereocenters. The highest BCUT2D eigenvalue weighted by atomic mass is 35.5. The second kappa shape index (κ2) is 8.00. The lowest BCUT2D eigenvalue weighted by Crippen LogP contribution is -2.40. The van der Waals surface area contributed by atoms with E-state index in [-0.39, 0.29) is 28.6 Å². The highest BCUT2D eigenvalue weighted by Gasteiger charge is 2.27. The summed E-state index contributed by atoms with van der Waals surface area (Å²) in [4.78, 5) is 17.6. The average molecular weight is 452 g/mol. The third-order valence-corrected chi connectivity index (χ3v) is 8.03. The molecule has 0 radical (unpaired) electrons. The minimum absolute atomic E-state index is 0.0167. The number of para-hydroxylation sites is 1. The number of amides is 1. The first kappa shape index (κ1) is 20.2. The van der Waals surface area contributed by atoms with Gasteiger partial charge in [0, 0.05) is 20.1 Å². The molecule has 2 heterocycles. The molecule has 0 N–H and O–H groups in total. The van der Waals surface area contributed by atoms with Crippen LogP contribution in [-0.2, 0) is 21.8 Å². The maximum Gasteiger partial charge on any atom is 0.281 e. The van der Waals surface area contributed by atoms with Gasteiger partial charge in [0.25, 0.3) is 5.91 Å². The van der Waals surface area contributed by atoms with E-state index in [1.807, 2.05) is 35.9 Å². The highest BCUT2D eigenvalue weighted by Crippen LogP contribution is 2.24. The molecule has 0 saturated carbocycles. The number of rotatable bonds is 3. The van der Waals surface area contributed by atoms with Crippen LogP contribution in [0.3, 0.4) is 0 Å². The molecule has 152 valence electrons. The molecule has 7 nitrogen and oxygen atoms in total. The number of morpholine rings is 1. The fourth-order valence-electron chi connectivity index (χ4n) is 3.10. The number of fused-ring (bicyclic) bond motifs is 1. The van der Waals surface area contributed by atoms with E-state index in [1.165, 1.54) is 33.8 Å². The Hall–Kier alpha value is -2.04. The Morgan fingerprint density at radius 2 is 1.90 bits per heavy atom. The number of ether oxygens (including phenoxy) is 1. The molecule has 0 bridgehead atoms. The number of carbonyl (C=O) groups is 1. The van der Waals surface area contributed by atoms with E-state index in [4.69, 9.17) is 16.3 Å². The molecule has 1 amide bonds. The fourth-order valence-corrected chi connectivity index (χ4v) is 5.75. The van der Waals surface area contributed by atoms with E-state index in [2.05, 4.69) is 4.99 Å². The number of benzene rings is 2. The molecule has 0 atom stereocenters. The molecule has 4 rings (SSSR count). The summed E-state index contributed by atoms with van der Waals surface area (Å²) in [6, 6.07) is 11.8. The SMILES string of the molecule is Cn1c(=NC(=O)c2cc(S(=O)(=O)N3CCOCC3)ccc2Cl)sc2ccccc21. The van der Waals surface area contributed by atoms with Crippen molar-refractivity contribution in [1.82, 2.24) is 8.87 Å². The summed E-state index contributed by atoms with van der Waals surface area (Å²) in [6.45, 7) is 1.24. The second-order valence-electron chi connectivity index (χ2n) is 6.49. The van der Waals surface area contributed by atoms with Crippen molar-refractivity contribution in [2.24, 2.45) is 12.0 Å². The Kier molecular flexibility index (Phi) is 5.58. The van der Waals surface area contributed by atoms with Crippen LogP contribution in [0.15, 0.2) is 52.4 Å². The first-order chi connectivity index (χ1) is 13.9. The predicted octanol–water partition coefficient (Wildman–Crippen LogP) is 2.66. The fraction of sp³-hybridized carbons (Fsp3) is 0.263. The Labute approximate surface area is 176 Å². The third-order valence-electron chi connectivity index (χ3n) is 4.69. The van der Waals surface area contributed by atoms with Crippen LogP contribution in [0.1, 0.15) is 10.4 Å². The van der Waals surface area contributed by atoms with Crippen molar-refractivity contribution in [2.75, 3.05) is 26.3 Å². The molecule has 29 heavy (non-hydrogen) atoms. The standard InChI is InChI=1S/C19H18ClN3O4S2/c1-22-16-4-2-3-5-17(16)28-19(22)21-18(24)14-12-13(6-7-15(14)20)29(25,26)23-8-10-27-11-9-23/h2-7,12H,8-11H2,1H3. The van der Waals surface area contributed by atoms with Crippen LogP contribution in [0.2, 0.25) is 5.02 Å². The third kappa shape index (κ3) is 3.88. The first-order valence-electron chi connectivity index (χ1n) is 8.89. The number of halogens is 1. The zero-order valence-electron chi connectivity index (χ0n) is 15.5. The van der Waals surface area contributed by atoms with Crippen LogP contribution < -0.4 is 4.80 Å². The van der Waals surface area contributed by atoms with E-state index in [0.29, 0.717) is 18.0 Å². The van der Waals surface area contributed by atoms with Crippen LogP contribution >= 0.6 is 22.9 Å². The van der Waals surface area contributed by atoms with Gasteiger partial charge in [-0.1, -0.05) is 35.1 Å². The van der Waals surface area contributed by atoms with Crippen LogP contribution in [0.4, 0.5) is 0 Å². The van der Waals surface area contributed by atoms with Gasteiger partial charge >= 0.3 is 0 Å². The van der Waals surface area contributed by atoms with E-state index >= 15 is 0 Å². The normalized spacial score (nSPS) is 16.4.